The molecule has 144 valence electrons. The van der Waals surface area contributed by atoms with Gasteiger partial charge in [0.2, 0.25) is 0 Å². The third kappa shape index (κ3) is 3.92. The zero-order valence-electron chi connectivity index (χ0n) is 14.2. The van der Waals surface area contributed by atoms with Crippen molar-refractivity contribution in [2.45, 2.75) is 0 Å². The Kier molecular flexibility index (Phi) is 5.52. The number of methoxy groups -OCH3 is 1. The van der Waals surface area contributed by atoms with Crippen LogP contribution in [0.2, 0.25) is 5.02 Å². The highest BCUT2D eigenvalue weighted by molar-refractivity contribution is 8.18. The summed E-state index contributed by atoms with van der Waals surface area (Å²) in [6.07, 6.45) is 1.33. The topological polar surface area (TPSA) is 120 Å². The highest BCUT2D eigenvalue weighted by Gasteiger charge is 2.36. The summed E-state index contributed by atoms with van der Waals surface area (Å²) in [5.41, 5.74) is -0.0142. The molecule has 28 heavy (non-hydrogen) atoms. The molecule has 0 radical (unpaired) electrons. The van der Waals surface area contributed by atoms with Crippen LogP contribution in [-0.4, -0.2) is 40.6 Å². The van der Waals surface area contributed by atoms with Crippen molar-refractivity contribution < 1.29 is 28.5 Å². The van der Waals surface area contributed by atoms with Crippen LogP contribution in [0.3, 0.4) is 0 Å². The Morgan fingerprint density at radius 3 is 2.79 bits per heavy atom. The van der Waals surface area contributed by atoms with Gasteiger partial charge >= 0.3 is 5.97 Å². The van der Waals surface area contributed by atoms with E-state index in [1.165, 1.54) is 36.4 Å². The lowest BCUT2D eigenvalue weighted by atomic mass is 10.1. The average Bonchev–Trinajstić information content (AvgIpc) is 3.22. The molecule has 1 aromatic heterocycles. The predicted molar refractivity (Wildman–Crippen MR) is 101 cm³/mol. The Morgan fingerprint density at radius 2 is 2.11 bits per heavy atom. The van der Waals surface area contributed by atoms with Crippen LogP contribution in [-0.2, 0) is 14.3 Å². The van der Waals surface area contributed by atoms with E-state index >= 15 is 0 Å². The zero-order chi connectivity index (χ0) is 20.4. The Balaban J connectivity index is 1.88. The van der Waals surface area contributed by atoms with Crippen LogP contribution in [0.4, 0.5) is 10.5 Å². The van der Waals surface area contributed by atoms with E-state index in [-0.39, 0.29) is 32.7 Å². The molecule has 9 nitrogen and oxygen atoms in total. The highest BCUT2D eigenvalue weighted by atomic mass is 35.5. The first kappa shape index (κ1) is 19.6. The first-order valence-corrected chi connectivity index (χ1v) is 8.86. The van der Waals surface area contributed by atoms with Gasteiger partial charge in [-0.2, -0.15) is 0 Å². The number of carbonyl (C=O) groups excluding carboxylic acids is 3. The molecular weight excluding hydrogens is 412 g/mol. The number of rotatable bonds is 5. The van der Waals surface area contributed by atoms with Crippen molar-refractivity contribution >= 4 is 52.2 Å². The molecular formula is C17H11ClN2O7S. The Labute approximate surface area is 167 Å². The number of esters is 1. The van der Waals surface area contributed by atoms with E-state index in [2.05, 4.69) is 4.74 Å². The molecule has 0 atom stereocenters. The van der Waals surface area contributed by atoms with Crippen LogP contribution in [0.15, 0.2) is 39.7 Å². The Morgan fingerprint density at radius 1 is 1.36 bits per heavy atom. The molecule has 0 saturated carbocycles. The summed E-state index contributed by atoms with van der Waals surface area (Å²) in [5.74, 6) is -0.971. The Bertz CT molecular complexity index is 1030. The number of furan rings is 1. The second-order valence-corrected chi connectivity index (χ2v) is 6.89. The molecule has 2 heterocycles. The summed E-state index contributed by atoms with van der Waals surface area (Å²) in [6, 6.07) is 7.15. The minimum absolute atomic E-state index is 0.0559. The quantitative estimate of drug-likeness (QED) is 0.309. The fraction of sp³-hybridized carbons (Fsp3) is 0.118. The first-order chi connectivity index (χ1) is 13.3. The summed E-state index contributed by atoms with van der Waals surface area (Å²) in [6.45, 7) is -0.487. The molecule has 1 aliphatic rings. The summed E-state index contributed by atoms with van der Waals surface area (Å²) in [7, 11) is 1.15. The van der Waals surface area contributed by atoms with Crippen LogP contribution < -0.4 is 0 Å². The molecule has 0 unspecified atom stereocenters. The second-order valence-electron chi connectivity index (χ2n) is 5.46. The lowest BCUT2D eigenvalue weighted by Crippen LogP contribution is -2.34. The largest absolute Gasteiger partial charge is 0.468 e. The molecule has 0 bridgehead atoms. The molecule has 11 heteroatoms. The molecule has 3 rings (SSSR count). The van der Waals surface area contributed by atoms with Crippen molar-refractivity contribution in [2.75, 3.05) is 13.7 Å². The SMILES string of the molecule is COC(=O)CN1C(=O)S/C(=C\c2ccc(-c3ccc(Cl)cc3[N+](=O)[O-])o2)C1=O. The normalized spacial score (nSPS) is 15.4. The summed E-state index contributed by atoms with van der Waals surface area (Å²) < 4.78 is 10.0. The lowest BCUT2D eigenvalue weighted by Gasteiger charge is -2.09. The number of benzene rings is 1. The fourth-order valence-corrected chi connectivity index (χ4v) is 3.38. The standard InChI is InChI=1S/C17H11ClN2O7S/c1-26-15(21)8-19-16(22)14(28-17(19)23)7-10-3-5-13(27-10)11-4-2-9(18)6-12(11)20(24)25/h2-7H,8H2,1H3/b14-7-. The van der Waals surface area contributed by atoms with Gasteiger partial charge < -0.3 is 9.15 Å². The number of nitro groups is 1. The predicted octanol–water partition coefficient (Wildman–Crippen LogP) is 3.72. The molecule has 2 amide bonds. The van der Waals surface area contributed by atoms with Gasteiger partial charge in [0.25, 0.3) is 16.8 Å². The first-order valence-electron chi connectivity index (χ1n) is 7.66. The van der Waals surface area contributed by atoms with Crippen molar-refractivity contribution in [3.05, 3.63) is 56.1 Å². The van der Waals surface area contributed by atoms with E-state index < -0.39 is 28.6 Å². The van der Waals surface area contributed by atoms with Crippen molar-refractivity contribution in [1.29, 1.82) is 0 Å². The van der Waals surface area contributed by atoms with E-state index in [0.29, 0.717) is 11.8 Å². The third-order valence-electron chi connectivity index (χ3n) is 3.71. The molecule has 0 aliphatic carbocycles. The summed E-state index contributed by atoms with van der Waals surface area (Å²) in [5, 5.41) is 10.8. The second kappa shape index (κ2) is 7.87. The number of carbonyl (C=O) groups is 3. The van der Waals surface area contributed by atoms with Crippen LogP contribution in [0.1, 0.15) is 5.76 Å². The molecule has 1 aliphatic heterocycles. The van der Waals surface area contributed by atoms with Crippen LogP contribution in [0.5, 0.6) is 0 Å². The van der Waals surface area contributed by atoms with Gasteiger partial charge in [-0.1, -0.05) is 11.6 Å². The lowest BCUT2D eigenvalue weighted by molar-refractivity contribution is -0.384. The van der Waals surface area contributed by atoms with Crippen molar-refractivity contribution in [2.24, 2.45) is 0 Å². The monoisotopic (exact) mass is 422 g/mol. The van der Waals surface area contributed by atoms with Crippen LogP contribution in [0.25, 0.3) is 17.4 Å². The van der Waals surface area contributed by atoms with Crippen LogP contribution in [0, 0.1) is 10.1 Å². The number of nitro benzene ring substituents is 1. The van der Waals surface area contributed by atoms with Crippen LogP contribution >= 0.6 is 23.4 Å². The van der Waals surface area contributed by atoms with Gasteiger partial charge in [0.15, 0.2) is 0 Å². The van der Waals surface area contributed by atoms with Gasteiger partial charge in [-0.15, -0.1) is 0 Å². The molecule has 1 aromatic carbocycles. The molecule has 0 N–H and O–H groups in total. The van der Waals surface area contributed by atoms with Gasteiger partial charge in [-0.05, 0) is 36.0 Å². The maximum absolute atomic E-state index is 12.3. The van der Waals surface area contributed by atoms with Gasteiger partial charge in [0, 0.05) is 17.2 Å². The number of thioether (sulfide) groups is 1. The van der Waals surface area contributed by atoms with E-state index in [0.717, 1.165) is 12.0 Å². The third-order valence-corrected chi connectivity index (χ3v) is 4.85. The highest BCUT2D eigenvalue weighted by Crippen LogP contribution is 2.36. The molecule has 2 aromatic rings. The van der Waals surface area contributed by atoms with E-state index in [1.54, 1.807) is 0 Å². The maximum atomic E-state index is 12.3. The minimum Gasteiger partial charge on any atom is -0.468 e. The van der Waals surface area contributed by atoms with Crippen molar-refractivity contribution in [3.63, 3.8) is 0 Å². The summed E-state index contributed by atoms with van der Waals surface area (Å²) in [4.78, 5) is 47.0. The number of hydrogen-bond acceptors (Lipinski definition) is 8. The van der Waals surface area contributed by atoms with Crippen molar-refractivity contribution in [1.82, 2.24) is 4.90 Å². The van der Waals surface area contributed by atoms with Gasteiger partial charge in [-0.25, -0.2) is 0 Å². The number of ether oxygens (including phenoxy) is 1. The number of nitrogens with zero attached hydrogens (tertiary/aromatic N) is 2. The number of halogens is 1. The van der Waals surface area contributed by atoms with Gasteiger partial charge in [-0.3, -0.25) is 29.4 Å². The number of imide groups is 1. The molecule has 0 spiro atoms. The number of amides is 2. The van der Waals surface area contributed by atoms with Gasteiger partial charge in [0.05, 0.1) is 22.5 Å². The van der Waals surface area contributed by atoms with E-state index in [1.807, 2.05) is 0 Å². The molecule has 1 fully saturated rings. The van der Waals surface area contributed by atoms with E-state index in [4.69, 9.17) is 16.0 Å². The van der Waals surface area contributed by atoms with E-state index in [9.17, 15) is 24.5 Å². The maximum Gasteiger partial charge on any atom is 0.325 e. The summed E-state index contributed by atoms with van der Waals surface area (Å²) >= 11 is 6.45. The average molecular weight is 423 g/mol. The molecule has 1 saturated heterocycles. The minimum atomic E-state index is -0.723. The van der Waals surface area contributed by atoms with Crippen molar-refractivity contribution in [3.8, 4) is 11.3 Å². The number of hydrogen-bond donors (Lipinski definition) is 0. The smallest absolute Gasteiger partial charge is 0.325 e. The Hall–Kier alpha value is -3.11. The zero-order valence-corrected chi connectivity index (χ0v) is 15.8. The fourth-order valence-electron chi connectivity index (χ4n) is 2.40. The van der Waals surface area contributed by atoms with Gasteiger partial charge in [0.1, 0.15) is 18.1 Å².